The zero-order valence-corrected chi connectivity index (χ0v) is 17.8. The van der Waals surface area contributed by atoms with Crippen LogP contribution in [0.15, 0.2) is 24.3 Å². The fraction of sp³-hybridized carbons (Fsp3) is 0.591. The van der Waals surface area contributed by atoms with E-state index in [9.17, 15) is 14.4 Å². The normalized spacial score (nSPS) is 19.3. The third-order valence-electron chi connectivity index (χ3n) is 5.74. The number of hydrogen-bond acceptors (Lipinski definition) is 4. The van der Waals surface area contributed by atoms with Gasteiger partial charge in [-0.15, -0.1) is 0 Å². The number of hydrogen-bond donors (Lipinski definition) is 2. The van der Waals surface area contributed by atoms with Crippen LogP contribution in [0.4, 0.5) is 10.5 Å². The highest BCUT2D eigenvalue weighted by molar-refractivity contribution is 6.10. The van der Waals surface area contributed by atoms with Crippen molar-refractivity contribution in [2.75, 3.05) is 31.5 Å². The molecule has 29 heavy (non-hydrogen) atoms. The second-order valence-corrected chi connectivity index (χ2v) is 8.89. The molecule has 2 fully saturated rings. The Bertz CT molecular complexity index is 782. The summed E-state index contributed by atoms with van der Waals surface area (Å²) in [6.07, 6.45) is 1.16. The lowest BCUT2D eigenvalue weighted by atomic mass is 9.87. The van der Waals surface area contributed by atoms with Gasteiger partial charge in [-0.1, -0.05) is 45.9 Å². The number of likely N-dealkylation sites (tertiary alicyclic amines) is 1. The molecule has 0 saturated carbocycles. The van der Waals surface area contributed by atoms with E-state index in [1.54, 1.807) is 0 Å². The summed E-state index contributed by atoms with van der Waals surface area (Å²) in [5.41, 5.74) is 0.879. The number of urea groups is 1. The van der Waals surface area contributed by atoms with Crippen LogP contribution in [0.1, 0.15) is 52.0 Å². The van der Waals surface area contributed by atoms with Crippen molar-refractivity contribution < 1.29 is 14.4 Å². The van der Waals surface area contributed by atoms with Crippen molar-refractivity contribution in [2.24, 2.45) is 5.92 Å². The zero-order valence-electron chi connectivity index (χ0n) is 17.8. The number of para-hydroxylation sites is 1. The van der Waals surface area contributed by atoms with Crippen LogP contribution in [0.3, 0.4) is 0 Å². The molecule has 1 aromatic carbocycles. The molecule has 2 N–H and O–H groups in total. The SMILES string of the molecule is CC(C)CN1CCC2(CC1)NC(=O)N(CC(=O)Nc1ccccc1C(C)C)C2=O. The second-order valence-electron chi connectivity index (χ2n) is 8.89. The lowest BCUT2D eigenvalue weighted by Crippen LogP contribution is -2.55. The van der Waals surface area contributed by atoms with Crippen molar-refractivity contribution >= 4 is 23.5 Å². The predicted octanol–water partition coefficient (Wildman–Crippen LogP) is 2.79. The Morgan fingerprint density at radius 2 is 1.79 bits per heavy atom. The van der Waals surface area contributed by atoms with Gasteiger partial charge in [-0.05, 0) is 36.3 Å². The van der Waals surface area contributed by atoms with E-state index >= 15 is 0 Å². The van der Waals surface area contributed by atoms with Crippen molar-refractivity contribution in [3.8, 4) is 0 Å². The zero-order chi connectivity index (χ0) is 21.2. The molecule has 1 aromatic rings. The third-order valence-corrected chi connectivity index (χ3v) is 5.74. The van der Waals surface area contributed by atoms with Gasteiger partial charge in [0.15, 0.2) is 0 Å². The van der Waals surface area contributed by atoms with Crippen molar-refractivity contribution in [3.05, 3.63) is 29.8 Å². The predicted molar refractivity (Wildman–Crippen MR) is 113 cm³/mol. The van der Waals surface area contributed by atoms with Crippen LogP contribution < -0.4 is 10.6 Å². The van der Waals surface area contributed by atoms with Gasteiger partial charge in [-0.3, -0.25) is 14.5 Å². The van der Waals surface area contributed by atoms with Gasteiger partial charge in [0.25, 0.3) is 5.91 Å². The Balaban J connectivity index is 1.63. The third kappa shape index (κ3) is 4.61. The number of carbonyl (C=O) groups excluding carboxylic acids is 3. The standard InChI is InChI=1S/C22H32N4O3/c1-15(2)13-25-11-9-22(10-12-25)20(28)26(21(29)24-22)14-19(27)23-18-8-6-5-7-17(18)16(3)4/h5-8,15-16H,9-14H2,1-4H3,(H,23,27)(H,24,29). The summed E-state index contributed by atoms with van der Waals surface area (Å²) in [5.74, 6) is 0.171. The summed E-state index contributed by atoms with van der Waals surface area (Å²) >= 11 is 0. The molecule has 0 unspecified atom stereocenters. The number of anilines is 1. The summed E-state index contributed by atoms with van der Waals surface area (Å²) < 4.78 is 0. The first-order valence-corrected chi connectivity index (χ1v) is 10.5. The number of amides is 4. The lowest BCUT2D eigenvalue weighted by Gasteiger charge is -2.37. The molecular weight excluding hydrogens is 368 g/mol. The number of rotatable bonds is 6. The van der Waals surface area contributed by atoms with Crippen molar-refractivity contribution in [2.45, 2.75) is 52.0 Å². The molecule has 7 nitrogen and oxygen atoms in total. The first kappa shape index (κ1) is 21.3. The Kier molecular flexibility index (Phi) is 6.27. The van der Waals surface area contributed by atoms with E-state index in [1.807, 2.05) is 24.3 Å². The number of carbonyl (C=O) groups is 3. The molecule has 0 radical (unpaired) electrons. The molecule has 1 spiro atoms. The van der Waals surface area contributed by atoms with Gasteiger partial charge in [-0.25, -0.2) is 4.79 Å². The topological polar surface area (TPSA) is 81.8 Å². The summed E-state index contributed by atoms with van der Waals surface area (Å²) in [5, 5.41) is 5.73. The molecule has 0 atom stereocenters. The van der Waals surface area contributed by atoms with Gasteiger partial charge in [0.1, 0.15) is 12.1 Å². The highest BCUT2D eigenvalue weighted by Crippen LogP contribution is 2.30. The summed E-state index contributed by atoms with van der Waals surface area (Å²) in [4.78, 5) is 41.5. The largest absolute Gasteiger partial charge is 0.325 e. The Labute approximate surface area is 172 Å². The Hall–Kier alpha value is -2.41. The molecule has 7 heteroatoms. The Morgan fingerprint density at radius 3 is 2.41 bits per heavy atom. The van der Waals surface area contributed by atoms with E-state index in [4.69, 9.17) is 0 Å². The molecule has 2 aliphatic rings. The van der Waals surface area contributed by atoms with E-state index in [0.717, 1.165) is 35.8 Å². The van der Waals surface area contributed by atoms with E-state index in [0.29, 0.717) is 18.8 Å². The van der Waals surface area contributed by atoms with E-state index in [-0.39, 0.29) is 24.3 Å². The number of piperidine rings is 1. The first-order valence-electron chi connectivity index (χ1n) is 10.5. The van der Waals surface area contributed by atoms with Gasteiger partial charge in [0.05, 0.1) is 0 Å². The van der Waals surface area contributed by atoms with Crippen molar-refractivity contribution in [3.63, 3.8) is 0 Å². The molecule has 4 amide bonds. The van der Waals surface area contributed by atoms with Crippen molar-refractivity contribution in [1.29, 1.82) is 0 Å². The summed E-state index contributed by atoms with van der Waals surface area (Å²) in [7, 11) is 0. The quantitative estimate of drug-likeness (QED) is 0.720. The number of imide groups is 1. The molecule has 0 bridgehead atoms. The van der Waals surface area contributed by atoms with Gasteiger partial charge in [0, 0.05) is 25.3 Å². The minimum atomic E-state index is -0.860. The second kappa shape index (κ2) is 8.53. The van der Waals surface area contributed by atoms with E-state index < -0.39 is 11.6 Å². The highest BCUT2D eigenvalue weighted by Gasteiger charge is 2.52. The number of nitrogens with one attached hydrogen (secondary N) is 2. The smallest absolute Gasteiger partial charge is 0.324 e. The first-order chi connectivity index (χ1) is 13.7. The highest BCUT2D eigenvalue weighted by atomic mass is 16.2. The van der Waals surface area contributed by atoms with Gasteiger partial charge in [0.2, 0.25) is 5.91 Å². The van der Waals surface area contributed by atoms with Crippen molar-refractivity contribution in [1.82, 2.24) is 15.1 Å². The molecule has 0 aromatic heterocycles. The maximum atomic E-state index is 13.0. The summed E-state index contributed by atoms with van der Waals surface area (Å²) in [6.45, 7) is 10.7. The molecule has 2 saturated heterocycles. The van der Waals surface area contributed by atoms with E-state index in [2.05, 4.69) is 43.2 Å². The van der Waals surface area contributed by atoms with Crippen LogP contribution in [0.2, 0.25) is 0 Å². The van der Waals surface area contributed by atoms with Crippen LogP contribution in [0.5, 0.6) is 0 Å². The molecular formula is C22H32N4O3. The molecule has 2 aliphatic heterocycles. The molecule has 0 aliphatic carbocycles. The average molecular weight is 401 g/mol. The number of nitrogens with zero attached hydrogens (tertiary/aromatic N) is 2. The minimum absolute atomic E-state index is 0.252. The fourth-order valence-corrected chi connectivity index (χ4v) is 4.24. The minimum Gasteiger partial charge on any atom is -0.324 e. The van der Waals surface area contributed by atoms with Crippen LogP contribution in [0, 0.1) is 5.92 Å². The lowest BCUT2D eigenvalue weighted by molar-refractivity contribution is -0.135. The van der Waals surface area contributed by atoms with Gasteiger partial charge < -0.3 is 15.5 Å². The monoisotopic (exact) mass is 400 g/mol. The van der Waals surface area contributed by atoms with E-state index in [1.165, 1.54) is 0 Å². The molecule has 3 rings (SSSR count). The van der Waals surface area contributed by atoms with Crippen LogP contribution >= 0.6 is 0 Å². The Morgan fingerprint density at radius 1 is 1.14 bits per heavy atom. The summed E-state index contributed by atoms with van der Waals surface area (Å²) in [6, 6.07) is 7.12. The average Bonchev–Trinajstić information content (AvgIpc) is 2.88. The fourth-order valence-electron chi connectivity index (χ4n) is 4.24. The maximum Gasteiger partial charge on any atom is 0.325 e. The van der Waals surface area contributed by atoms with Gasteiger partial charge in [-0.2, -0.15) is 0 Å². The van der Waals surface area contributed by atoms with Crippen LogP contribution in [-0.2, 0) is 9.59 Å². The number of benzene rings is 1. The maximum absolute atomic E-state index is 13.0. The molecule has 158 valence electrons. The van der Waals surface area contributed by atoms with Gasteiger partial charge >= 0.3 is 6.03 Å². The molecule has 2 heterocycles. The van der Waals surface area contributed by atoms with Crippen LogP contribution in [0.25, 0.3) is 0 Å². The van der Waals surface area contributed by atoms with Crippen LogP contribution in [-0.4, -0.2) is 59.4 Å².